The predicted octanol–water partition coefficient (Wildman–Crippen LogP) is 6.21. The van der Waals surface area contributed by atoms with Gasteiger partial charge in [-0.1, -0.05) is 55.9 Å². The third kappa shape index (κ3) is 6.78. The number of anilines is 1. The van der Waals surface area contributed by atoms with Gasteiger partial charge in [0.15, 0.2) is 11.6 Å². The first-order valence-corrected chi connectivity index (χ1v) is 13.1. The van der Waals surface area contributed by atoms with Gasteiger partial charge in [0.2, 0.25) is 5.88 Å². The first-order chi connectivity index (χ1) is 16.7. The number of nitrogens with zero attached hydrogens (tertiary/aromatic N) is 2. The van der Waals surface area contributed by atoms with E-state index in [0.29, 0.717) is 11.3 Å². The zero-order valence-corrected chi connectivity index (χ0v) is 21.9. The molecule has 2 N–H and O–H groups in total. The van der Waals surface area contributed by atoms with Crippen LogP contribution >= 0.6 is 11.3 Å². The van der Waals surface area contributed by atoms with Crippen molar-refractivity contribution in [1.29, 1.82) is 0 Å². The Kier molecular flexibility index (Phi) is 9.20. The van der Waals surface area contributed by atoms with Crippen molar-refractivity contribution in [3.63, 3.8) is 0 Å². The third-order valence-corrected chi connectivity index (χ3v) is 7.16. The Balaban J connectivity index is 1.76. The number of rotatable bonds is 12. The zero-order chi connectivity index (χ0) is 25.5. The van der Waals surface area contributed by atoms with Crippen LogP contribution in [0.5, 0.6) is 11.6 Å². The number of benzene rings is 1. The van der Waals surface area contributed by atoms with E-state index in [2.05, 4.69) is 37.8 Å². The Morgan fingerprint density at radius 1 is 1.11 bits per heavy atom. The minimum atomic E-state index is -1.17. The van der Waals surface area contributed by atoms with E-state index in [1.54, 1.807) is 6.08 Å². The van der Waals surface area contributed by atoms with Crippen molar-refractivity contribution in [2.75, 3.05) is 11.4 Å². The zero-order valence-electron chi connectivity index (χ0n) is 21.1. The minimum absolute atomic E-state index is 0.311. The highest BCUT2D eigenvalue weighted by Crippen LogP contribution is 2.41. The summed E-state index contributed by atoms with van der Waals surface area (Å²) < 4.78 is 7.11. The molecule has 0 amide bonds. The lowest BCUT2D eigenvalue weighted by Crippen LogP contribution is -2.21. The average molecular weight is 501 g/mol. The Bertz CT molecular complexity index is 1170. The number of allylic oxidation sites excluding steroid dienone is 2. The van der Waals surface area contributed by atoms with E-state index in [4.69, 9.17) is 9.84 Å². The van der Waals surface area contributed by atoms with Crippen LogP contribution in [0.3, 0.4) is 0 Å². The molecule has 0 fully saturated rings. The number of aryl methyl sites for hydroxylation is 2. The molecule has 190 valence electrons. The number of thiazole rings is 1. The molecule has 2 aromatic rings. The SMILES string of the molecule is CCCCCCCCN1C(=CCC(C)=Cc2sc(=O)n(CC(=O)O)c2O)Oc2cc(C)c(C)cc21. The van der Waals surface area contributed by atoms with Gasteiger partial charge in [-0.25, -0.2) is 0 Å². The fraction of sp³-hybridized carbons (Fsp3) is 0.481. The summed E-state index contributed by atoms with van der Waals surface area (Å²) in [5.41, 5.74) is 4.44. The summed E-state index contributed by atoms with van der Waals surface area (Å²) in [6.45, 7) is 8.66. The summed E-state index contributed by atoms with van der Waals surface area (Å²) in [6, 6.07) is 4.27. The number of fused-ring (bicyclic) bond motifs is 1. The highest BCUT2D eigenvalue weighted by molar-refractivity contribution is 7.10. The molecule has 0 aliphatic carbocycles. The van der Waals surface area contributed by atoms with E-state index >= 15 is 0 Å². The van der Waals surface area contributed by atoms with E-state index < -0.39 is 17.4 Å². The smallest absolute Gasteiger partial charge is 0.323 e. The molecule has 0 spiro atoms. The molecular weight excluding hydrogens is 464 g/mol. The number of carboxylic acid groups (broad SMARTS) is 1. The standard InChI is InChI=1S/C27H36N2O5S/c1-5-6-7-8-9-10-13-28-21-15-19(3)20(4)16-22(21)34-24(28)12-11-18(2)14-23-26(32)29(17-25(30)31)27(33)35-23/h12,14-16,32H,5-11,13,17H2,1-4H3,(H,30,31). The number of carbonyl (C=O) groups is 1. The van der Waals surface area contributed by atoms with Crippen LogP contribution in [0.15, 0.2) is 34.5 Å². The fourth-order valence-corrected chi connectivity index (χ4v) is 5.01. The molecule has 0 bridgehead atoms. The number of hydrogen-bond donors (Lipinski definition) is 2. The van der Waals surface area contributed by atoms with Crippen LogP contribution in [0.2, 0.25) is 0 Å². The number of hydrogen-bond acceptors (Lipinski definition) is 6. The minimum Gasteiger partial charge on any atom is -0.493 e. The van der Waals surface area contributed by atoms with Gasteiger partial charge in [0.25, 0.3) is 0 Å². The first-order valence-electron chi connectivity index (χ1n) is 12.3. The van der Waals surface area contributed by atoms with Gasteiger partial charge in [-0.2, -0.15) is 0 Å². The molecule has 0 radical (unpaired) electrons. The summed E-state index contributed by atoms with van der Waals surface area (Å²) in [7, 11) is 0. The molecule has 1 aliphatic rings. The predicted molar refractivity (Wildman–Crippen MR) is 141 cm³/mol. The molecular formula is C27H36N2O5S. The summed E-state index contributed by atoms with van der Waals surface area (Å²) in [5, 5.41) is 19.2. The lowest BCUT2D eigenvalue weighted by atomic mass is 10.1. The van der Waals surface area contributed by atoms with Crippen molar-refractivity contribution in [2.24, 2.45) is 0 Å². The maximum Gasteiger partial charge on any atom is 0.323 e. The van der Waals surface area contributed by atoms with Gasteiger partial charge >= 0.3 is 10.8 Å². The van der Waals surface area contributed by atoms with E-state index in [1.165, 1.54) is 43.2 Å². The van der Waals surface area contributed by atoms with Crippen LogP contribution in [0, 0.1) is 13.8 Å². The Morgan fingerprint density at radius 2 is 1.80 bits per heavy atom. The van der Waals surface area contributed by atoms with Gasteiger partial charge in [0.1, 0.15) is 6.54 Å². The lowest BCUT2D eigenvalue weighted by molar-refractivity contribution is -0.137. The van der Waals surface area contributed by atoms with Gasteiger partial charge in [-0.15, -0.1) is 0 Å². The van der Waals surface area contributed by atoms with E-state index in [1.807, 2.05) is 13.0 Å². The van der Waals surface area contributed by atoms with Crippen molar-refractivity contribution in [3.05, 3.63) is 55.3 Å². The maximum atomic E-state index is 12.0. The molecule has 0 atom stereocenters. The second-order valence-corrected chi connectivity index (χ2v) is 10.2. The summed E-state index contributed by atoms with van der Waals surface area (Å²) >= 11 is 0.837. The topological polar surface area (TPSA) is 92.0 Å². The number of aromatic hydroxyl groups is 1. The first kappa shape index (κ1) is 26.6. The van der Waals surface area contributed by atoms with Crippen molar-refractivity contribution >= 4 is 29.1 Å². The second-order valence-electron chi connectivity index (χ2n) is 9.20. The molecule has 8 heteroatoms. The van der Waals surface area contributed by atoms with Crippen LogP contribution < -0.4 is 14.5 Å². The number of aliphatic carboxylic acids is 1. The molecule has 0 saturated heterocycles. The van der Waals surface area contributed by atoms with Crippen LogP contribution in [0.1, 0.15) is 74.8 Å². The van der Waals surface area contributed by atoms with E-state index in [9.17, 15) is 14.7 Å². The maximum absolute atomic E-state index is 12.0. The molecule has 0 unspecified atom stereocenters. The molecule has 2 heterocycles. The lowest BCUT2D eigenvalue weighted by Gasteiger charge is -2.19. The van der Waals surface area contributed by atoms with Gasteiger partial charge in [-0.3, -0.25) is 14.2 Å². The molecule has 1 aliphatic heterocycles. The van der Waals surface area contributed by atoms with Gasteiger partial charge in [-0.05, 0) is 69.0 Å². The molecule has 7 nitrogen and oxygen atoms in total. The van der Waals surface area contributed by atoms with Crippen molar-refractivity contribution in [1.82, 2.24) is 4.57 Å². The largest absolute Gasteiger partial charge is 0.493 e. The second kappa shape index (κ2) is 12.1. The molecule has 35 heavy (non-hydrogen) atoms. The van der Waals surface area contributed by atoms with Crippen molar-refractivity contribution in [3.8, 4) is 11.6 Å². The van der Waals surface area contributed by atoms with Crippen LogP contribution in [0.4, 0.5) is 5.69 Å². The van der Waals surface area contributed by atoms with Gasteiger partial charge < -0.3 is 19.8 Å². The van der Waals surface area contributed by atoms with E-state index in [-0.39, 0.29) is 5.88 Å². The Labute approximate surface area is 211 Å². The van der Waals surface area contributed by atoms with Crippen molar-refractivity contribution in [2.45, 2.75) is 79.2 Å². The number of unbranched alkanes of at least 4 members (excludes halogenated alkanes) is 5. The molecule has 1 aromatic carbocycles. The van der Waals surface area contributed by atoms with Crippen LogP contribution in [-0.4, -0.2) is 27.3 Å². The van der Waals surface area contributed by atoms with Gasteiger partial charge in [0.05, 0.1) is 10.6 Å². The molecule has 0 saturated carbocycles. The number of carboxylic acids is 1. The molecule has 3 rings (SSSR count). The molecule has 1 aromatic heterocycles. The van der Waals surface area contributed by atoms with E-state index in [0.717, 1.165) is 51.8 Å². The summed E-state index contributed by atoms with van der Waals surface area (Å²) in [4.78, 5) is 25.1. The highest BCUT2D eigenvalue weighted by atomic mass is 32.1. The normalized spacial score (nSPS) is 14.5. The summed E-state index contributed by atoms with van der Waals surface area (Å²) in [6.07, 6.45) is 11.7. The summed E-state index contributed by atoms with van der Waals surface area (Å²) in [5.74, 6) is 0.182. The number of aromatic nitrogens is 1. The van der Waals surface area contributed by atoms with Gasteiger partial charge in [0, 0.05) is 6.54 Å². The highest BCUT2D eigenvalue weighted by Gasteiger charge is 2.26. The number of ether oxygens (including phenoxy) is 1. The Morgan fingerprint density at radius 3 is 2.51 bits per heavy atom. The monoisotopic (exact) mass is 500 g/mol. The van der Waals surface area contributed by atoms with Crippen molar-refractivity contribution < 1.29 is 19.7 Å². The van der Waals surface area contributed by atoms with Crippen LogP contribution in [-0.2, 0) is 11.3 Å². The van der Waals surface area contributed by atoms with Crippen LogP contribution in [0.25, 0.3) is 6.08 Å². The average Bonchev–Trinajstić information content (AvgIpc) is 3.26. The quantitative estimate of drug-likeness (QED) is 0.337. The Hall–Kier alpha value is -3.00. The third-order valence-electron chi connectivity index (χ3n) is 6.25. The fourth-order valence-electron chi connectivity index (χ4n) is 4.10.